The molecule has 2 aliphatic rings. The van der Waals surface area contributed by atoms with E-state index in [0.717, 1.165) is 43.7 Å². The number of ether oxygens (including phenoxy) is 1. The molecule has 2 fully saturated rings. The Morgan fingerprint density at radius 2 is 1.96 bits per heavy atom. The largest absolute Gasteiger partial charge is 0.377 e. The van der Waals surface area contributed by atoms with E-state index >= 15 is 0 Å². The maximum atomic E-state index is 12.4. The number of benzene rings is 1. The lowest BCUT2D eigenvalue weighted by atomic mass is 9.77. The van der Waals surface area contributed by atoms with Crippen LogP contribution in [0.4, 0.5) is 0 Å². The molecular weight excluding hydrogens is 290 g/mol. The van der Waals surface area contributed by atoms with E-state index in [0.29, 0.717) is 0 Å². The van der Waals surface area contributed by atoms with Gasteiger partial charge in [-0.05, 0) is 24.1 Å². The number of hydrogen-bond donors (Lipinski definition) is 0. The second-order valence-corrected chi connectivity index (χ2v) is 6.62. The van der Waals surface area contributed by atoms with Crippen LogP contribution in [0.3, 0.4) is 0 Å². The van der Waals surface area contributed by atoms with Crippen LogP contribution in [0.5, 0.6) is 0 Å². The highest BCUT2D eigenvalue weighted by atomic mass is 16.5. The van der Waals surface area contributed by atoms with E-state index in [1.54, 1.807) is 6.33 Å². The predicted molar refractivity (Wildman–Crippen MR) is 84.9 cm³/mol. The molecule has 5 nitrogen and oxygen atoms in total. The number of likely N-dealkylation sites (tertiary alicyclic amines) is 1. The third-order valence-electron chi connectivity index (χ3n) is 4.72. The zero-order valence-electron chi connectivity index (χ0n) is 12.9. The molecule has 0 unspecified atom stereocenters. The van der Waals surface area contributed by atoms with Gasteiger partial charge in [-0.3, -0.25) is 4.79 Å². The molecule has 0 bridgehead atoms. The molecule has 1 aromatic heterocycles. The van der Waals surface area contributed by atoms with Gasteiger partial charge in [-0.15, -0.1) is 0 Å². The average molecular weight is 309 g/mol. The summed E-state index contributed by atoms with van der Waals surface area (Å²) in [7, 11) is 0. The first-order valence-corrected chi connectivity index (χ1v) is 7.94. The first-order chi connectivity index (χ1) is 11.2. The number of hydrogen-bond acceptors (Lipinski definition) is 4. The molecule has 1 amide bonds. The fourth-order valence-electron chi connectivity index (χ4n) is 3.62. The van der Waals surface area contributed by atoms with Gasteiger partial charge in [0.15, 0.2) is 0 Å². The Labute approximate surface area is 135 Å². The van der Waals surface area contributed by atoms with Crippen LogP contribution in [-0.2, 0) is 11.2 Å². The van der Waals surface area contributed by atoms with E-state index < -0.39 is 0 Å². The molecule has 23 heavy (non-hydrogen) atoms. The van der Waals surface area contributed by atoms with Crippen molar-refractivity contribution < 1.29 is 9.53 Å². The Hall–Kier alpha value is -2.27. The van der Waals surface area contributed by atoms with Crippen LogP contribution in [0, 0.1) is 5.41 Å². The van der Waals surface area contributed by atoms with Crippen molar-refractivity contribution in [1.29, 1.82) is 0 Å². The molecule has 5 heteroatoms. The molecule has 3 heterocycles. The minimum atomic E-state index is 0.121. The van der Waals surface area contributed by atoms with Crippen molar-refractivity contribution in [2.75, 3.05) is 19.7 Å². The Bertz CT molecular complexity index is 684. The van der Waals surface area contributed by atoms with Crippen LogP contribution in [-0.4, -0.2) is 46.6 Å². The Morgan fingerprint density at radius 1 is 1.22 bits per heavy atom. The van der Waals surface area contributed by atoms with Crippen LogP contribution >= 0.6 is 0 Å². The summed E-state index contributed by atoms with van der Waals surface area (Å²) >= 11 is 0. The van der Waals surface area contributed by atoms with Gasteiger partial charge in [0.05, 0.1) is 12.7 Å². The zero-order valence-corrected chi connectivity index (χ0v) is 12.9. The summed E-state index contributed by atoms with van der Waals surface area (Å²) < 4.78 is 5.95. The standard InChI is InChI=1S/C18H19N3O2/c22-17(15-4-2-1-3-5-15)21-10-18(11-21)7-16(23-12-18)6-14-8-19-13-20-9-14/h1-5,8-9,13,16H,6-7,10-12H2/t16-/m0/s1. The fourth-order valence-corrected chi connectivity index (χ4v) is 3.62. The quantitative estimate of drug-likeness (QED) is 0.869. The fraction of sp³-hybridized carbons (Fsp3) is 0.389. The van der Waals surface area contributed by atoms with Crippen LogP contribution < -0.4 is 0 Å². The monoisotopic (exact) mass is 309 g/mol. The molecule has 1 atom stereocenters. The van der Waals surface area contributed by atoms with E-state index in [-0.39, 0.29) is 17.4 Å². The van der Waals surface area contributed by atoms with E-state index in [1.807, 2.05) is 47.6 Å². The van der Waals surface area contributed by atoms with Gasteiger partial charge in [0, 0.05) is 42.9 Å². The van der Waals surface area contributed by atoms with Crippen molar-refractivity contribution in [1.82, 2.24) is 14.9 Å². The Kier molecular flexibility index (Phi) is 3.58. The summed E-state index contributed by atoms with van der Waals surface area (Å²) in [4.78, 5) is 22.4. The molecule has 4 rings (SSSR count). The van der Waals surface area contributed by atoms with Crippen molar-refractivity contribution in [3.8, 4) is 0 Å². The number of carbonyl (C=O) groups excluding carboxylic acids is 1. The smallest absolute Gasteiger partial charge is 0.253 e. The van der Waals surface area contributed by atoms with Crippen molar-refractivity contribution in [2.24, 2.45) is 5.41 Å². The van der Waals surface area contributed by atoms with E-state index in [4.69, 9.17) is 4.74 Å². The summed E-state index contributed by atoms with van der Waals surface area (Å²) in [6.45, 7) is 2.33. The van der Waals surface area contributed by atoms with Gasteiger partial charge in [0.25, 0.3) is 5.91 Å². The maximum absolute atomic E-state index is 12.4. The van der Waals surface area contributed by atoms with Crippen LogP contribution in [0.15, 0.2) is 49.1 Å². The molecule has 0 radical (unpaired) electrons. The lowest BCUT2D eigenvalue weighted by Gasteiger charge is -2.47. The molecule has 1 aromatic carbocycles. The van der Waals surface area contributed by atoms with Crippen LogP contribution in [0.25, 0.3) is 0 Å². The molecule has 0 saturated carbocycles. The summed E-state index contributed by atoms with van der Waals surface area (Å²) in [5.41, 5.74) is 2.01. The summed E-state index contributed by atoms with van der Waals surface area (Å²) in [5, 5.41) is 0. The van der Waals surface area contributed by atoms with Crippen molar-refractivity contribution in [3.05, 3.63) is 60.2 Å². The second-order valence-electron chi connectivity index (χ2n) is 6.62. The zero-order chi connectivity index (χ0) is 15.7. The average Bonchev–Trinajstić information content (AvgIpc) is 2.99. The third-order valence-corrected chi connectivity index (χ3v) is 4.72. The number of aromatic nitrogens is 2. The van der Waals surface area contributed by atoms with Gasteiger partial charge in [-0.1, -0.05) is 18.2 Å². The molecule has 0 N–H and O–H groups in total. The highest BCUT2D eigenvalue weighted by molar-refractivity contribution is 5.94. The second kappa shape index (κ2) is 5.74. The van der Waals surface area contributed by atoms with Crippen molar-refractivity contribution >= 4 is 5.91 Å². The lowest BCUT2D eigenvalue weighted by molar-refractivity contribution is -0.00134. The van der Waals surface area contributed by atoms with Gasteiger partial charge < -0.3 is 9.64 Å². The summed E-state index contributed by atoms with van der Waals surface area (Å²) in [5.74, 6) is 0.121. The number of nitrogens with zero attached hydrogens (tertiary/aromatic N) is 3. The number of rotatable bonds is 3. The van der Waals surface area contributed by atoms with Crippen LogP contribution in [0.2, 0.25) is 0 Å². The number of carbonyl (C=O) groups is 1. The first kappa shape index (κ1) is 14.3. The lowest BCUT2D eigenvalue weighted by Crippen LogP contribution is -2.58. The molecule has 1 spiro atoms. The third kappa shape index (κ3) is 2.84. The summed E-state index contributed by atoms with van der Waals surface area (Å²) in [6, 6.07) is 9.48. The van der Waals surface area contributed by atoms with Gasteiger partial charge >= 0.3 is 0 Å². The molecule has 2 saturated heterocycles. The molecular formula is C18H19N3O2. The molecule has 0 aliphatic carbocycles. The van der Waals surface area contributed by atoms with Crippen molar-refractivity contribution in [3.63, 3.8) is 0 Å². The van der Waals surface area contributed by atoms with Gasteiger partial charge in [-0.2, -0.15) is 0 Å². The van der Waals surface area contributed by atoms with Crippen LogP contribution in [0.1, 0.15) is 22.3 Å². The van der Waals surface area contributed by atoms with Gasteiger partial charge in [0.1, 0.15) is 6.33 Å². The Morgan fingerprint density at radius 3 is 2.70 bits per heavy atom. The van der Waals surface area contributed by atoms with Crippen molar-refractivity contribution in [2.45, 2.75) is 18.9 Å². The SMILES string of the molecule is O=C(c1ccccc1)N1CC2(CO[C@@H](Cc3cncnc3)C2)C1. The maximum Gasteiger partial charge on any atom is 0.253 e. The predicted octanol–water partition coefficient (Wildman–Crippen LogP) is 1.95. The van der Waals surface area contributed by atoms with E-state index in [1.165, 1.54) is 0 Å². The van der Waals surface area contributed by atoms with Gasteiger partial charge in [-0.25, -0.2) is 9.97 Å². The number of amides is 1. The minimum Gasteiger partial charge on any atom is -0.377 e. The van der Waals surface area contributed by atoms with E-state index in [2.05, 4.69) is 9.97 Å². The molecule has 2 aromatic rings. The highest BCUT2D eigenvalue weighted by Gasteiger charge is 2.50. The molecule has 2 aliphatic heterocycles. The summed E-state index contributed by atoms with van der Waals surface area (Å²) in [6.07, 6.45) is 7.27. The topological polar surface area (TPSA) is 55.3 Å². The Balaban J connectivity index is 1.34. The first-order valence-electron chi connectivity index (χ1n) is 7.94. The highest BCUT2D eigenvalue weighted by Crippen LogP contribution is 2.42. The van der Waals surface area contributed by atoms with Gasteiger partial charge in [0.2, 0.25) is 0 Å². The normalized spacial score (nSPS) is 22.1. The van der Waals surface area contributed by atoms with E-state index in [9.17, 15) is 4.79 Å². The minimum absolute atomic E-state index is 0.121. The molecule has 118 valence electrons.